The van der Waals surface area contributed by atoms with Crippen molar-refractivity contribution in [1.29, 1.82) is 0 Å². The Morgan fingerprint density at radius 3 is 2.59 bits per heavy atom. The van der Waals surface area contributed by atoms with Crippen LogP contribution in [0.3, 0.4) is 0 Å². The van der Waals surface area contributed by atoms with Gasteiger partial charge in [0.2, 0.25) is 0 Å². The number of carbonyl (C=O) groups excluding carboxylic acids is 1. The van der Waals surface area contributed by atoms with Crippen LogP contribution in [0.1, 0.15) is 60.3 Å². The number of carbonyl (C=O) groups is 1. The van der Waals surface area contributed by atoms with Gasteiger partial charge in [0, 0.05) is 23.5 Å². The fraction of sp³-hybridized carbons (Fsp3) is 0.304. The molecule has 1 aliphatic rings. The lowest BCUT2D eigenvalue weighted by molar-refractivity contribution is 0.0730. The molecule has 0 spiro atoms. The van der Waals surface area contributed by atoms with Crippen molar-refractivity contribution in [3.63, 3.8) is 0 Å². The summed E-state index contributed by atoms with van der Waals surface area (Å²) in [5.41, 5.74) is 3.40. The minimum Gasteiger partial charge on any atom is -0.350 e. The molecule has 1 amide bonds. The van der Waals surface area contributed by atoms with E-state index in [0.717, 1.165) is 18.4 Å². The van der Waals surface area contributed by atoms with Crippen molar-refractivity contribution in [2.45, 2.75) is 38.6 Å². The molecule has 1 aromatic heterocycles. The minimum absolute atomic E-state index is 0.0636. The summed E-state index contributed by atoms with van der Waals surface area (Å²) in [5.74, 6) is 0.385. The summed E-state index contributed by atoms with van der Waals surface area (Å²) in [6, 6.07) is 17.4. The average Bonchev–Trinajstić information content (AvgIpc) is 3.17. The monoisotopic (exact) mass is 360 g/mol. The molecule has 4 rings (SSSR count). The van der Waals surface area contributed by atoms with E-state index < -0.39 is 0 Å². The third-order valence-electron chi connectivity index (χ3n) is 5.47. The van der Waals surface area contributed by atoms with Gasteiger partial charge in [-0.15, -0.1) is 0 Å². The molecule has 2 aromatic carbocycles. The van der Waals surface area contributed by atoms with Crippen LogP contribution in [0, 0.1) is 0 Å². The van der Waals surface area contributed by atoms with E-state index in [9.17, 15) is 9.59 Å². The van der Waals surface area contributed by atoms with Gasteiger partial charge in [0.05, 0.1) is 6.04 Å². The van der Waals surface area contributed by atoms with Gasteiger partial charge in [0.1, 0.15) is 5.69 Å². The summed E-state index contributed by atoms with van der Waals surface area (Å²) in [6.45, 7) is 5.07. The van der Waals surface area contributed by atoms with Gasteiger partial charge >= 0.3 is 0 Å². The number of nitrogens with zero attached hydrogens (tertiary/aromatic N) is 1. The number of H-pyrrole nitrogens is 1. The van der Waals surface area contributed by atoms with Gasteiger partial charge in [0.15, 0.2) is 5.43 Å². The highest BCUT2D eigenvalue weighted by Crippen LogP contribution is 2.33. The first-order valence-corrected chi connectivity index (χ1v) is 9.57. The smallest absolute Gasteiger partial charge is 0.270 e. The maximum absolute atomic E-state index is 13.2. The molecule has 1 aliphatic heterocycles. The van der Waals surface area contributed by atoms with Crippen LogP contribution in [-0.2, 0) is 0 Å². The summed E-state index contributed by atoms with van der Waals surface area (Å²) in [5, 5.41) is 0.608. The third-order valence-corrected chi connectivity index (χ3v) is 5.47. The number of pyridine rings is 1. The van der Waals surface area contributed by atoms with Crippen molar-refractivity contribution >= 4 is 16.8 Å². The molecule has 1 fully saturated rings. The van der Waals surface area contributed by atoms with Crippen molar-refractivity contribution < 1.29 is 4.79 Å². The van der Waals surface area contributed by atoms with Crippen molar-refractivity contribution in [3.8, 4) is 0 Å². The first-order chi connectivity index (χ1) is 13.0. The number of hydrogen-bond donors (Lipinski definition) is 1. The Labute approximate surface area is 158 Å². The van der Waals surface area contributed by atoms with E-state index in [4.69, 9.17) is 0 Å². The van der Waals surface area contributed by atoms with E-state index in [2.05, 4.69) is 43.1 Å². The molecule has 2 heterocycles. The molecule has 3 aromatic rings. The fourth-order valence-electron chi connectivity index (χ4n) is 3.93. The number of benzene rings is 2. The Morgan fingerprint density at radius 2 is 1.85 bits per heavy atom. The first kappa shape index (κ1) is 17.5. The van der Waals surface area contributed by atoms with Crippen LogP contribution < -0.4 is 5.43 Å². The summed E-state index contributed by atoms with van der Waals surface area (Å²) in [4.78, 5) is 30.6. The number of hydrogen-bond acceptors (Lipinski definition) is 2. The second-order valence-corrected chi connectivity index (χ2v) is 7.57. The number of amides is 1. The first-order valence-electron chi connectivity index (χ1n) is 9.57. The normalized spacial score (nSPS) is 17.0. The summed E-state index contributed by atoms with van der Waals surface area (Å²) >= 11 is 0. The molecule has 1 unspecified atom stereocenters. The molecule has 0 radical (unpaired) electrons. The predicted molar refractivity (Wildman–Crippen MR) is 108 cm³/mol. The molecule has 27 heavy (non-hydrogen) atoms. The molecule has 1 N–H and O–H groups in total. The maximum atomic E-state index is 13.2. The lowest BCUT2D eigenvalue weighted by atomic mass is 9.98. The van der Waals surface area contributed by atoms with Crippen molar-refractivity contribution in [3.05, 3.63) is 81.6 Å². The molecule has 4 nitrogen and oxygen atoms in total. The van der Waals surface area contributed by atoms with Crippen LogP contribution in [0.15, 0.2) is 59.4 Å². The lowest BCUT2D eigenvalue weighted by Crippen LogP contribution is -2.32. The number of rotatable bonds is 3. The Bertz CT molecular complexity index is 1030. The van der Waals surface area contributed by atoms with E-state index >= 15 is 0 Å². The minimum atomic E-state index is -0.121. The summed E-state index contributed by atoms with van der Waals surface area (Å²) in [7, 11) is 0. The third kappa shape index (κ3) is 3.27. The number of aromatic nitrogens is 1. The number of fused-ring (bicyclic) bond motifs is 1. The van der Waals surface area contributed by atoms with Gasteiger partial charge in [-0.05, 0) is 42.0 Å². The van der Waals surface area contributed by atoms with Crippen molar-refractivity contribution in [2.24, 2.45) is 0 Å². The van der Waals surface area contributed by atoms with E-state index in [1.807, 2.05) is 23.1 Å². The standard InChI is InChI=1S/C23H24N2O2/c1-15(2)16-9-11-17(12-10-16)21-8-5-13-25(21)23(27)20-14-22(26)18-6-3-4-7-19(18)24-20/h3-4,6-7,9-12,14-15,21H,5,8,13H2,1-2H3,(H,24,26). The topological polar surface area (TPSA) is 53.2 Å². The van der Waals surface area contributed by atoms with Crippen LogP contribution in [0.2, 0.25) is 0 Å². The molecule has 138 valence electrons. The zero-order valence-corrected chi connectivity index (χ0v) is 15.7. The Kier molecular flexibility index (Phi) is 4.56. The average molecular weight is 360 g/mol. The largest absolute Gasteiger partial charge is 0.350 e. The van der Waals surface area contributed by atoms with E-state index in [1.165, 1.54) is 11.6 Å². The van der Waals surface area contributed by atoms with Crippen molar-refractivity contribution in [1.82, 2.24) is 9.88 Å². The predicted octanol–water partition coefficient (Wildman–Crippen LogP) is 4.63. The molecule has 1 saturated heterocycles. The molecule has 4 heteroatoms. The van der Waals surface area contributed by atoms with Crippen molar-refractivity contribution in [2.75, 3.05) is 6.54 Å². The summed E-state index contributed by atoms with van der Waals surface area (Å²) < 4.78 is 0. The number of aromatic amines is 1. The molecule has 0 bridgehead atoms. The van der Waals surface area contributed by atoms with Crippen LogP contribution in [0.25, 0.3) is 10.9 Å². The van der Waals surface area contributed by atoms with Crippen LogP contribution in [-0.4, -0.2) is 22.3 Å². The molecular formula is C23H24N2O2. The Hall–Kier alpha value is -2.88. The number of para-hydroxylation sites is 1. The lowest BCUT2D eigenvalue weighted by Gasteiger charge is -2.25. The van der Waals surface area contributed by atoms with Crippen LogP contribution >= 0.6 is 0 Å². The quantitative estimate of drug-likeness (QED) is 0.740. The zero-order chi connectivity index (χ0) is 19.0. The number of likely N-dealkylation sites (tertiary alicyclic amines) is 1. The van der Waals surface area contributed by atoms with Gasteiger partial charge < -0.3 is 9.88 Å². The second-order valence-electron chi connectivity index (χ2n) is 7.57. The highest BCUT2D eigenvalue weighted by atomic mass is 16.2. The highest BCUT2D eigenvalue weighted by Gasteiger charge is 2.31. The maximum Gasteiger partial charge on any atom is 0.270 e. The van der Waals surface area contributed by atoms with Crippen LogP contribution in [0.4, 0.5) is 0 Å². The zero-order valence-electron chi connectivity index (χ0n) is 15.7. The number of nitrogens with one attached hydrogen (secondary N) is 1. The van der Waals surface area contributed by atoms with Gasteiger partial charge in [0.25, 0.3) is 5.91 Å². The summed E-state index contributed by atoms with van der Waals surface area (Å²) in [6.07, 6.45) is 1.92. The SMILES string of the molecule is CC(C)c1ccc(C2CCCN2C(=O)c2cc(=O)c3ccccc3[nH]2)cc1. The second kappa shape index (κ2) is 7.03. The van der Waals surface area contributed by atoms with Crippen LogP contribution in [0.5, 0.6) is 0 Å². The van der Waals surface area contributed by atoms with E-state index in [-0.39, 0.29) is 17.4 Å². The highest BCUT2D eigenvalue weighted by molar-refractivity contribution is 5.95. The Morgan fingerprint density at radius 1 is 1.11 bits per heavy atom. The van der Waals surface area contributed by atoms with Gasteiger partial charge in [-0.3, -0.25) is 9.59 Å². The molecule has 0 aliphatic carbocycles. The molecule has 1 atom stereocenters. The van der Waals surface area contributed by atoms with E-state index in [1.54, 1.807) is 6.07 Å². The van der Waals surface area contributed by atoms with Gasteiger partial charge in [-0.25, -0.2) is 0 Å². The fourth-order valence-corrected chi connectivity index (χ4v) is 3.93. The van der Waals surface area contributed by atoms with Gasteiger partial charge in [-0.2, -0.15) is 0 Å². The molecular weight excluding hydrogens is 336 g/mol. The van der Waals surface area contributed by atoms with E-state index in [0.29, 0.717) is 29.1 Å². The molecule has 0 saturated carbocycles. The van der Waals surface area contributed by atoms with Gasteiger partial charge in [-0.1, -0.05) is 50.2 Å². The Balaban J connectivity index is 1.65.